The summed E-state index contributed by atoms with van der Waals surface area (Å²) in [6, 6.07) is 1.70. The number of alkyl halides is 1. The van der Waals surface area contributed by atoms with Crippen molar-refractivity contribution in [2.45, 2.75) is 30.5 Å². The zero-order valence-corrected chi connectivity index (χ0v) is 13.9. The topological polar surface area (TPSA) is 72.2 Å². The summed E-state index contributed by atoms with van der Waals surface area (Å²) in [7, 11) is 0. The lowest BCUT2D eigenvalue weighted by Gasteiger charge is -2.44. The number of hydrogen-bond donors (Lipinski definition) is 0. The Morgan fingerprint density at radius 1 is 1.28 bits per heavy atom. The number of anilines is 1. The summed E-state index contributed by atoms with van der Waals surface area (Å²) in [5.74, 6) is -0.672. The molecule has 2 aliphatic heterocycles. The first-order valence-corrected chi connectivity index (χ1v) is 8.54. The first-order chi connectivity index (χ1) is 12.0. The largest absolute Gasteiger partial charge is 0.470 e. The van der Waals surface area contributed by atoms with Crippen LogP contribution in [0.25, 0.3) is 0 Å². The van der Waals surface area contributed by atoms with Gasteiger partial charge in [0.15, 0.2) is 5.67 Å². The highest BCUT2D eigenvalue weighted by Crippen LogP contribution is 2.38. The van der Waals surface area contributed by atoms with Crippen molar-refractivity contribution in [1.29, 1.82) is 0 Å². The lowest BCUT2D eigenvalue weighted by molar-refractivity contribution is -0.158. The van der Waals surface area contributed by atoms with Crippen LogP contribution in [-0.2, 0) is 19.1 Å². The standard InChI is InChI=1S/C17H21FN2O5/c18-17(3-1-4-17)15(22)19-5-7-24-12-16(10-19)11-20(14(21)9-25-16)13-2-6-23-8-13/h2,6,8H,1,3-5,7,9-12H2. The average molecular weight is 352 g/mol. The van der Waals surface area contributed by atoms with Crippen LogP contribution in [0.15, 0.2) is 23.0 Å². The Labute approximate surface area is 144 Å². The summed E-state index contributed by atoms with van der Waals surface area (Å²) in [5, 5.41) is 0. The summed E-state index contributed by atoms with van der Waals surface area (Å²) in [6.07, 6.45) is 4.26. The van der Waals surface area contributed by atoms with Crippen molar-refractivity contribution in [3.05, 3.63) is 18.6 Å². The van der Waals surface area contributed by atoms with E-state index >= 15 is 0 Å². The predicted molar refractivity (Wildman–Crippen MR) is 84.8 cm³/mol. The van der Waals surface area contributed by atoms with Gasteiger partial charge in [-0.1, -0.05) is 0 Å². The molecule has 136 valence electrons. The van der Waals surface area contributed by atoms with Crippen molar-refractivity contribution in [3.8, 4) is 0 Å². The Balaban J connectivity index is 1.55. The quantitative estimate of drug-likeness (QED) is 0.798. The number of morpholine rings is 1. The highest BCUT2D eigenvalue weighted by molar-refractivity contribution is 5.95. The fraction of sp³-hybridized carbons (Fsp3) is 0.647. The molecule has 1 aromatic rings. The number of carbonyl (C=O) groups is 2. The molecule has 1 spiro atoms. The van der Waals surface area contributed by atoms with Crippen molar-refractivity contribution in [2.24, 2.45) is 0 Å². The number of halogens is 1. The molecule has 4 rings (SSSR count). The molecule has 1 aromatic heterocycles. The summed E-state index contributed by atoms with van der Waals surface area (Å²) in [4.78, 5) is 27.9. The minimum Gasteiger partial charge on any atom is -0.470 e. The Kier molecular flexibility index (Phi) is 4.04. The minimum atomic E-state index is -1.75. The maximum absolute atomic E-state index is 14.6. The third kappa shape index (κ3) is 2.93. The van der Waals surface area contributed by atoms with E-state index in [1.54, 1.807) is 11.0 Å². The second kappa shape index (κ2) is 6.10. The molecule has 3 aliphatic rings. The van der Waals surface area contributed by atoms with Crippen LogP contribution in [0.1, 0.15) is 19.3 Å². The van der Waals surface area contributed by atoms with E-state index in [2.05, 4.69) is 0 Å². The SMILES string of the molecule is O=C1COC2(COCCN(C(=O)C3(F)CCC3)C2)CN1c1ccoc1. The van der Waals surface area contributed by atoms with E-state index in [4.69, 9.17) is 13.9 Å². The van der Waals surface area contributed by atoms with Gasteiger partial charge in [0.2, 0.25) is 0 Å². The molecular weight excluding hydrogens is 331 g/mol. The Bertz CT molecular complexity index is 660. The van der Waals surface area contributed by atoms with Crippen LogP contribution in [0.5, 0.6) is 0 Å². The van der Waals surface area contributed by atoms with E-state index in [1.807, 2.05) is 0 Å². The molecule has 1 saturated carbocycles. The van der Waals surface area contributed by atoms with E-state index in [9.17, 15) is 14.0 Å². The Morgan fingerprint density at radius 3 is 2.80 bits per heavy atom. The van der Waals surface area contributed by atoms with Crippen LogP contribution < -0.4 is 4.90 Å². The van der Waals surface area contributed by atoms with Crippen molar-refractivity contribution in [2.75, 3.05) is 44.4 Å². The Morgan fingerprint density at radius 2 is 2.12 bits per heavy atom. The van der Waals surface area contributed by atoms with Gasteiger partial charge >= 0.3 is 0 Å². The number of nitrogens with zero attached hydrogens (tertiary/aromatic N) is 2. The number of ether oxygens (including phenoxy) is 2. The molecule has 0 radical (unpaired) electrons. The molecule has 1 atom stereocenters. The lowest BCUT2D eigenvalue weighted by Crippen LogP contribution is -2.62. The van der Waals surface area contributed by atoms with Gasteiger partial charge in [-0.05, 0) is 19.3 Å². The van der Waals surface area contributed by atoms with Crippen molar-refractivity contribution >= 4 is 17.5 Å². The number of amides is 2. The van der Waals surface area contributed by atoms with Gasteiger partial charge in [0, 0.05) is 12.6 Å². The molecule has 0 aromatic carbocycles. The average Bonchev–Trinajstić information content (AvgIpc) is 3.04. The first kappa shape index (κ1) is 16.5. The molecule has 2 saturated heterocycles. The second-order valence-electron chi connectivity index (χ2n) is 7.03. The van der Waals surface area contributed by atoms with E-state index in [1.165, 1.54) is 17.4 Å². The van der Waals surface area contributed by atoms with Gasteiger partial charge < -0.3 is 23.7 Å². The second-order valence-corrected chi connectivity index (χ2v) is 7.03. The molecule has 7 nitrogen and oxygen atoms in total. The fourth-order valence-corrected chi connectivity index (χ4v) is 3.61. The number of furan rings is 1. The highest BCUT2D eigenvalue weighted by atomic mass is 19.1. The van der Waals surface area contributed by atoms with Gasteiger partial charge in [-0.3, -0.25) is 9.59 Å². The summed E-state index contributed by atoms with van der Waals surface area (Å²) < 4.78 is 31.1. The van der Waals surface area contributed by atoms with Crippen LogP contribution in [-0.4, -0.2) is 67.4 Å². The van der Waals surface area contributed by atoms with Gasteiger partial charge in [-0.25, -0.2) is 4.39 Å². The van der Waals surface area contributed by atoms with Gasteiger partial charge in [0.05, 0.1) is 38.3 Å². The maximum atomic E-state index is 14.6. The monoisotopic (exact) mass is 352 g/mol. The highest BCUT2D eigenvalue weighted by Gasteiger charge is 2.50. The summed E-state index contributed by atoms with van der Waals surface area (Å²) >= 11 is 0. The number of rotatable bonds is 2. The van der Waals surface area contributed by atoms with Crippen LogP contribution >= 0.6 is 0 Å². The van der Waals surface area contributed by atoms with Crippen molar-refractivity contribution in [3.63, 3.8) is 0 Å². The number of carbonyl (C=O) groups excluding carboxylic acids is 2. The molecule has 0 bridgehead atoms. The van der Waals surface area contributed by atoms with Crippen LogP contribution in [0.3, 0.4) is 0 Å². The molecule has 8 heteroatoms. The van der Waals surface area contributed by atoms with E-state index < -0.39 is 17.2 Å². The Hall–Kier alpha value is -1.93. The molecule has 3 fully saturated rings. The zero-order valence-electron chi connectivity index (χ0n) is 13.9. The summed E-state index contributed by atoms with van der Waals surface area (Å²) in [5.41, 5.74) is -1.98. The fourth-order valence-electron chi connectivity index (χ4n) is 3.61. The molecule has 3 heterocycles. The normalized spacial score (nSPS) is 29.4. The third-order valence-corrected chi connectivity index (χ3v) is 5.23. The van der Waals surface area contributed by atoms with Gasteiger partial charge in [-0.15, -0.1) is 0 Å². The zero-order chi connectivity index (χ0) is 17.5. The van der Waals surface area contributed by atoms with Crippen LogP contribution in [0, 0.1) is 0 Å². The van der Waals surface area contributed by atoms with Crippen molar-refractivity contribution < 1.29 is 27.9 Å². The number of hydrogen-bond acceptors (Lipinski definition) is 5. The van der Waals surface area contributed by atoms with E-state index in [-0.39, 0.29) is 45.1 Å². The molecule has 2 amide bonds. The molecular formula is C17H21FN2O5. The molecule has 1 unspecified atom stereocenters. The van der Waals surface area contributed by atoms with E-state index in [0.29, 0.717) is 18.8 Å². The minimum absolute atomic E-state index is 0.114. The van der Waals surface area contributed by atoms with Gasteiger partial charge in [0.1, 0.15) is 18.5 Å². The lowest BCUT2D eigenvalue weighted by atomic mass is 9.80. The summed E-state index contributed by atoms with van der Waals surface area (Å²) in [6.45, 7) is 1.23. The van der Waals surface area contributed by atoms with Crippen molar-refractivity contribution in [1.82, 2.24) is 4.90 Å². The van der Waals surface area contributed by atoms with Gasteiger partial charge in [-0.2, -0.15) is 0 Å². The van der Waals surface area contributed by atoms with Crippen LogP contribution in [0.2, 0.25) is 0 Å². The first-order valence-electron chi connectivity index (χ1n) is 8.54. The van der Waals surface area contributed by atoms with E-state index in [0.717, 1.165) is 6.42 Å². The smallest absolute Gasteiger partial charge is 0.260 e. The molecule has 0 N–H and O–H groups in total. The molecule has 1 aliphatic carbocycles. The maximum Gasteiger partial charge on any atom is 0.260 e. The third-order valence-electron chi connectivity index (χ3n) is 5.23. The van der Waals surface area contributed by atoms with Gasteiger partial charge in [0.25, 0.3) is 11.8 Å². The van der Waals surface area contributed by atoms with Crippen LogP contribution in [0.4, 0.5) is 10.1 Å². The predicted octanol–water partition coefficient (Wildman–Crippen LogP) is 1.13. The molecule has 25 heavy (non-hydrogen) atoms.